The van der Waals surface area contributed by atoms with Crippen molar-refractivity contribution in [3.8, 4) is 0 Å². The Bertz CT molecular complexity index is 937. The second-order valence-corrected chi connectivity index (χ2v) is 5.24. The van der Waals surface area contributed by atoms with Crippen molar-refractivity contribution in [2.45, 2.75) is 6.92 Å². The second kappa shape index (κ2) is 6.32. The molecule has 0 bridgehead atoms. The van der Waals surface area contributed by atoms with Gasteiger partial charge in [0.05, 0.1) is 0 Å². The summed E-state index contributed by atoms with van der Waals surface area (Å²) in [4.78, 5) is 23.1. The zero-order chi connectivity index (χ0) is 16.2. The van der Waals surface area contributed by atoms with Gasteiger partial charge in [0.25, 0.3) is 0 Å². The lowest BCUT2D eigenvalue weighted by molar-refractivity contribution is -0.111. The third kappa shape index (κ3) is 3.74. The van der Waals surface area contributed by atoms with Gasteiger partial charge in [-0.3, -0.25) is 4.79 Å². The largest absolute Gasteiger partial charge is 0.423 e. The number of aryl methyl sites for hydroxylation is 1. The van der Waals surface area contributed by atoms with Gasteiger partial charge >= 0.3 is 5.63 Å². The number of amides is 1. The molecular weight excluding hydrogens is 290 g/mol. The molecule has 1 aromatic heterocycles. The molecule has 0 saturated carbocycles. The normalized spacial score (nSPS) is 11.0. The second-order valence-electron chi connectivity index (χ2n) is 5.24. The Hall–Kier alpha value is -3.14. The summed E-state index contributed by atoms with van der Waals surface area (Å²) in [7, 11) is 0. The van der Waals surface area contributed by atoms with Crippen molar-refractivity contribution in [3.05, 3.63) is 82.2 Å². The van der Waals surface area contributed by atoms with Gasteiger partial charge in [-0.05, 0) is 42.8 Å². The molecule has 0 aliphatic carbocycles. The first kappa shape index (κ1) is 14.8. The highest BCUT2D eigenvalue weighted by atomic mass is 16.4. The van der Waals surface area contributed by atoms with Crippen LogP contribution in [-0.2, 0) is 4.79 Å². The minimum atomic E-state index is -0.393. The predicted octanol–water partition coefficient (Wildman–Crippen LogP) is 3.75. The lowest BCUT2D eigenvalue weighted by Crippen LogP contribution is -2.07. The highest BCUT2D eigenvalue weighted by Gasteiger charge is 2.01. The van der Waals surface area contributed by atoms with Crippen molar-refractivity contribution in [3.63, 3.8) is 0 Å². The molecule has 0 aliphatic heterocycles. The van der Waals surface area contributed by atoms with Crippen LogP contribution in [0.4, 0.5) is 5.69 Å². The topological polar surface area (TPSA) is 59.3 Å². The average Bonchev–Trinajstić information content (AvgIpc) is 2.54. The van der Waals surface area contributed by atoms with E-state index in [1.54, 1.807) is 30.3 Å². The molecule has 4 heteroatoms. The van der Waals surface area contributed by atoms with Crippen LogP contribution in [0.25, 0.3) is 17.0 Å². The van der Waals surface area contributed by atoms with Gasteiger partial charge in [0.15, 0.2) is 0 Å². The number of carbonyl (C=O) groups excluding carboxylic acids is 1. The van der Waals surface area contributed by atoms with Crippen LogP contribution in [-0.4, -0.2) is 5.91 Å². The van der Waals surface area contributed by atoms with E-state index in [-0.39, 0.29) is 5.91 Å². The molecule has 0 atom stereocenters. The minimum Gasteiger partial charge on any atom is -0.423 e. The van der Waals surface area contributed by atoms with Crippen molar-refractivity contribution in [2.24, 2.45) is 0 Å². The van der Waals surface area contributed by atoms with E-state index in [0.717, 1.165) is 10.9 Å². The maximum absolute atomic E-state index is 12.0. The van der Waals surface area contributed by atoms with Gasteiger partial charge < -0.3 is 9.73 Å². The Labute approximate surface area is 133 Å². The smallest absolute Gasteiger partial charge is 0.336 e. The molecule has 0 saturated heterocycles. The lowest BCUT2D eigenvalue weighted by Gasteiger charge is -2.03. The average molecular weight is 305 g/mol. The van der Waals surface area contributed by atoms with E-state index in [1.807, 2.05) is 31.2 Å². The predicted molar refractivity (Wildman–Crippen MR) is 91.3 cm³/mol. The van der Waals surface area contributed by atoms with Gasteiger partial charge in [0.1, 0.15) is 5.58 Å². The van der Waals surface area contributed by atoms with Crippen LogP contribution in [0.5, 0.6) is 0 Å². The van der Waals surface area contributed by atoms with Crippen LogP contribution in [0.15, 0.2) is 69.9 Å². The molecule has 0 spiro atoms. The quantitative estimate of drug-likeness (QED) is 0.592. The molecule has 3 aromatic rings. The van der Waals surface area contributed by atoms with Gasteiger partial charge in [-0.15, -0.1) is 0 Å². The van der Waals surface area contributed by atoms with E-state index in [4.69, 9.17) is 4.42 Å². The van der Waals surface area contributed by atoms with Crippen molar-refractivity contribution < 1.29 is 9.21 Å². The highest BCUT2D eigenvalue weighted by Crippen LogP contribution is 2.17. The van der Waals surface area contributed by atoms with Crippen LogP contribution in [0, 0.1) is 6.92 Å². The van der Waals surface area contributed by atoms with E-state index >= 15 is 0 Å². The Morgan fingerprint density at radius 3 is 2.61 bits per heavy atom. The molecule has 23 heavy (non-hydrogen) atoms. The van der Waals surface area contributed by atoms with Crippen LogP contribution >= 0.6 is 0 Å². The van der Waals surface area contributed by atoms with Gasteiger partial charge in [-0.2, -0.15) is 0 Å². The fraction of sp³-hybridized carbons (Fsp3) is 0.0526. The van der Waals surface area contributed by atoms with E-state index in [0.29, 0.717) is 11.3 Å². The minimum absolute atomic E-state index is 0.220. The van der Waals surface area contributed by atoms with E-state index < -0.39 is 5.63 Å². The van der Waals surface area contributed by atoms with Gasteiger partial charge in [-0.25, -0.2) is 4.79 Å². The molecular formula is C19H15NO3. The molecule has 114 valence electrons. The third-order valence-corrected chi connectivity index (χ3v) is 3.39. The zero-order valence-corrected chi connectivity index (χ0v) is 12.6. The van der Waals surface area contributed by atoms with Crippen molar-refractivity contribution in [2.75, 3.05) is 5.32 Å². The van der Waals surface area contributed by atoms with Gasteiger partial charge in [0, 0.05) is 23.2 Å². The lowest BCUT2D eigenvalue weighted by atomic mass is 10.1. The Kier molecular flexibility index (Phi) is 4.06. The molecule has 0 radical (unpaired) electrons. The van der Waals surface area contributed by atoms with E-state index in [1.165, 1.54) is 17.7 Å². The molecule has 3 rings (SSSR count). The highest BCUT2D eigenvalue weighted by molar-refractivity contribution is 6.02. The van der Waals surface area contributed by atoms with Crippen molar-refractivity contribution >= 4 is 28.6 Å². The molecule has 1 amide bonds. The Balaban J connectivity index is 1.73. The van der Waals surface area contributed by atoms with E-state index in [9.17, 15) is 9.59 Å². The number of anilines is 1. The van der Waals surface area contributed by atoms with E-state index in [2.05, 4.69) is 5.32 Å². The first-order valence-electron chi connectivity index (χ1n) is 7.20. The zero-order valence-electron chi connectivity index (χ0n) is 12.6. The standard InChI is InChI=1S/C19H15NO3/c1-13-2-4-14(5-3-13)6-10-18(21)20-16-8-9-17-15(12-16)7-11-19(22)23-17/h2-12H,1H3,(H,20,21)/b10-6+. The number of hydrogen-bond donors (Lipinski definition) is 1. The first-order chi connectivity index (χ1) is 11.1. The Morgan fingerprint density at radius 1 is 1.04 bits per heavy atom. The SMILES string of the molecule is Cc1ccc(/C=C/C(=O)Nc2ccc3oc(=O)ccc3c2)cc1. The number of rotatable bonds is 3. The van der Waals surface area contributed by atoms with Crippen LogP contribution < -0.4 is 10.9 Å². The number of carbonyl (C=O) groups is 1. The summed E-state index contributed by atoms with van der Waals surface area (Å²) in [5.74, 6) is -0.220. The van der Waals surface area contributed by atoms with Crippen molar-refractivity contribution in [1.82, 2.24) is 0 Å². The maximum Gasteiger partial charge on any atom is 0.336 e. The maximum atomic E-state index is 12.0. The summed E-state index contributed by atoms with van der Waals surface area (Å²) in [6.45, 7) is 2.02. The molecule has 1 heterocycles. The van der Waals surface area contributed by atoms with Crippen LogP contribution in [0.3, 0.4) is 0 Å². The molecule has 2 aromatic carbocycles. The molecule has 0 unspecified atom stereocenters. The summed E-state index contributed by atoms with van der Waals surface area (Å²) < 4.78 is 5.05. The first-order valence-corrected chi connectivity index (χ1v) is 7.20. The van der Waals surface area contributed by atoms with Gasteiger partial charge in [-0.1, -0.05) is 29.8 Å². The molecule has 1 N–H and O–H groups in total. The van der Waals surface area contributed by atoms with Gasteiger partial charge in [0.2, 0.25) is 5.91 Å². The summed E-state index contributed by atoms with van der Waals surface area (Å²) in [6, 6.07) is 16.0. The summed E-state index contributed by atoms with van der Waals surface area (Å²) in [5.41, 5.74) is 2.88. The monoisotopic (exact) mass is 305 g/mol. The third-order valence-electron chi connectivity index (χ3n) is 3.39. The number of benzene rings is 2. The number of hydrogen-bond acceptors (Lipinski definition) is 3. The molecule has 4 nitrogen and oxygen atoms in total. The number of nitrogens with one attached hydrogen (secondary N) is 1. The number of fused-ring (bicyclic) bond motifs is 1. The Morgan fingerprint density at radius 2 is 1.83 bits per heavy atom. The fourth-order valence-electron chi connectivity index (χ4n) is 2.18. The van der Waals surface area contributed by atoms with Crippen LogP contribution in [0.2, 0.25) is 0 Å². The molecule has 0 fully saturated rings. The van der Waals surface area contributed by atoms with Crippen molar-refractivity contribution in [1.29, 1.82) is 0 Å². The summed E-state index contributed by atoms with van der Waals surface area (Å²) >= 11 is 0. The summed E-state index contributed by atoms with van der Waals surface area (Å²) in [6.07, 6.45) is 3.24. The summed E-state index contributed by atoms with van der Waals surface area (Å²) in [5, 5.41) is 3.54. The molecule has 0 aliphatic rings. The van der Waals surface area contributed by atoms with Crippen LogP contribution in [0.1, 0.15) is 11.1 Å². The fourth-order valence-corrected chi connectivity index (χ4v) is 2.18.